The number of nitrogens with one attached hydrogen (secondary N) is 1. The Bertz CT molecular complexity index is 1730. The maximum absolute atomic E-state index is 14.8. The first-order chi connectivity index (χ1) is 20.1. The van der Waals surface area contributed by atoms with E-state index in [9.17, 15) is 14.0 Å². The maximum Gasteiger partial charge on any atom is 0.404 e. The number of methoxy groups -OCH3 is 1. The standard InChI is InChI=1S/C24H23FN6O.C3H8O2.C2H5NO2/c1-29-13-16(22(25)28-29)20-18(14-8-4-3-5-9-14)19-21-17(12-26-23(19)27-20)30(2)24(32)31(21)15-10-6-7-11-15;1-3(5)2-4;1-5-2(3)4/h3-5,8-9,12-13,15H,6-7,10-11H2,1-2H3,(H,26,27);3-5H,2H2,1H3;1H3,(H2,3,4). The number of hydrogen-bond donors (Lipinski definition) is 4. The first-order valence-corrected chi connectivity index (χ1v) is 13.6. The van der Waals surface area contributed by atoms with Crippen LogP contribution in [-0.2, 0) is 18.8 Å². The third kappa shape index (κ3) is 6.06. The molecule has 0 radical (unpaired) electrons. The van der Waals surface area contributed by atoms with Crippen molar-refractivity contribution in [2.75, 3.05) is 13.7 Å². The Balaban J connectivity index is 0.000000352. The number of imidazole rings is 1. The van der Waals surface area contributed by atoms with Crippen molar-refractivity contribution in [3.63, 3.8) is 0 Å². The summed E-state index contributed by atoms with van der Waals surface area (Å²) in [6, 6.07) is 10.0. The van der Waals surface area contributed by atoms with E-state index in [4.69, 9.17) is 10.2 Å². The van der Waals surface area contributed by atoms with Crippen LogP contribution in [0.1, 0.15) is 38.6 Å². The van der Waals surface area contributed by atoms with Crippen LogP contribution in [0, 0.1) is 5.95 Å². The fraction of sp³-hybridized carbons (Fsp3) is 0.379. The molecule has 224 valence electrons. The van der Waals surface area contributed by atoms with Gasteiger partial charge in [-0.2, -0.15) is 4.39 Å². The molecule has 12 nitrogen and oxygen atoms in total. The summed E-state index contributed by atoms with van der Waals surface area (Å²) in [7, 11) is 4.71. The Morgan fingerprint density at radius 3 is 2.38 bits per heavy atom. The average Bonchev–Trinajstić information content (AvgIpc) is 3.75. The lowest BCUT2D eigenvalue weighted by molar-refractivity contribution is 0.110. The summed E-state index contributed by atoms with van der Waals surface area (Å²) in [5.41, 5.74) is 9.43. The second-order valence-electron chi connectivity index (χ2n) is 10.2. The number of hydrogen-bond acceptors (Lipinski definition) is 7. The highest BCUT2D eigenvalue weighted by molar-refractivity contribution is 6.14. The molecule has 13 heteroatoms. The molecule has 1 aliphatic rings. The minimum Gasteiger partial charge on any atom is -0.453 e. The van der Waals surface area contributed by atoms with Crippen LogP contribution in [0.3, 0.4) is 0 Å². The number of rotatable bonds is 4. The molecule has 0 aliphatic heterocycles. The number of aromatic amines is 1. The number of ether oxygens (including phenoxy) is 1. The summed E-state index contributed by atoms with van der Waals surface area (Å²) in [6.45, 7) is 1.39. The Morgan fingerprint density at radius 2 is 1.86 bits per heavy atom. The molecule has 1 aromatic carbocycles. The summed E-state index contributed by atoms with van der Waals surface area (Å²) in [6.07, 6.45) is 6.30. The highest BCUT2D eigenvalue weighted by atomic mass is 19.1. The van der Waals surface area contributed by atoms with Crippen molar-refractivity contribution in [1.82, 2.24) is 28.9 Å². The smallest absolute Gasteiger partial charge is 0.404 e. The van der Waals surface area contributed by atoms with E-state index in [0.29, 0.717) is 16.9 Å². The minimum atomic E-state index is -0.745. The van der Waals surface area contributed by atoms with E-state index in [1.54, 1.807) is 31.1 Å². The van der Waals surface area contributed by atoms with E-state index in [1.807, 2.05) is 34.9 Å². The number of aliphatic hydroxyl groups excluding tert-OH is 2. The molecule has 0 saturated heterocycles. The molecular formula is C29H36FN7O5. The number of H-pyrrole nitrogens is 1. The highest BCUT2D eigenvalue weighted by Gasteiger charge is 2.28. The first-order valence-electron chi connectivity index (χ1n) is 13.6. The molecule has 1 fully saturated rings. The molecule has 6 rings (SSSR count). The van der Waals surface area contributed by atoms with E-state index in [0.717, 1.165) is 53.2 Å². The largest absolute Gasteiger partial charge is 0.453 e. The maximum atomic E-state index is 14.8. The second-order valence-corrected chi connectivity index (χ2v) is 10.2. The van der Waals surface area contributed by atoms with Gasteiger partial charge in [-0.3, -0.25) is 13.8 Å². The van der Waals surface area contributed by atoms with Crippen molar-refractivity contribution in [3.8, 4) is 22.4 Å². The van der Waals surface area contributed by atoms with Crippen LogP contribution in [0.5, 0.6) is 0 Å². The minimum absolute atomic E-state index is 0.0319. The fourth-order valence-corrected chi connectivity index (χ4v) is 5.20. The molecule has 1 atom stereocenters. The summed E-state index contributed by atoms with van der Waals surface area (Å²) >= 11 is 0. The molecule has 42 heavy (non-hydrogen) atoms. The van der Waals surface area contributed by atoms with E-state index in [1.165, 1.54) is 18.7 Å². The summed E-state index contributed by atoms with van der Waals surface area (Å²) in [5, 5.41) is 20.8. The Morgan fingerprint density at radius 1 is 1.24 bits per heavy atom. The number of halogens is 1. The molecule has 5 aromatic rings. The Kier molecular flexibility index (Phi) is 9.43. The van der Waals surface area contributed by atoms with Crippen molar-refractivity contribution >= 4 is 28.2 Å². The van der Waals surface area contributed by atoms with Gasteiger partial charge >= 0.3 is 11.8 Å². The summed E-state index contributed by atoms with van der Waals surface area (Å²) < 4.78 is 23.8. The molecule has 4 aromatic heterocycles. The van der Waals surface area contributed by atoms with Gasteiger partial charge in [-0.25, -0.2) is 14.6 Å². The lowest BCUT2D eigenvalue weighted by Gasteiger charge is -2.12. The van der Waals surface area contributed by atoms with Gasteiger partial charge in [-0.15, -0.1) is 5.10 Å². The van der Waals surface area contributed by atoms with Crippen molar-refractivity contribution in [2.24, 2.45) is 19.8 Å². The van der Waals surface area contributed by atoms with Gasteiger partial charge in [-0.05, 0) is 25.3 Å². The van der Waals surface area contributed by atoms with Gasteiger partial charge < -0.3 is 25.7 Å². The molecule has 0 spiro atoms. The Labute approximate surface area is 241 Å². The van der Waals surface area contributed by atoms with Crippen LogP contribution in [0.15, 0.2) is 47.5 Å². The van der Waals surface area contributed by atoms with Gasteiger partial charge in [0, 0.05) is 31.9 Å². The lowest BCUT2D eigenvalue weighted by atomic mass is 9.99. The van der Waals surface area contributed by atoms with Crippen molar-refractivity contribution in [3.05, 3.63) is 59.2 Å². The van der Waals surface area contributed by atoms with E-state index >= 15 is 0 Å². The monoisotopic (exact) mass is 581 g/mol. The summed E-state index contributed by atoms with van der Waals surface area (Å²) in [5.74, 6) is -0.547. The number of amides is 1. The second kappa shape index (κ2) is 13.0. The van der Waals surface area contributed by atoms with Gasteiger partial charge in [0.2, 0.25) is 5.95 Å². The van der Waals surface area contributed by atoms with Crippen molar-refractivity contribution in [2.45, 2.75) is 44.8 Å². The number of aryl methyl sites for hydroxylation is 2. The van der Waals surface area contributed by atoms with Crippen LogP contribution in [0.2, 0.25) is 0 Å². The number of benzene rings is 1. The molecule has 1 unspecified atom stereocenters. The zero-order valence-electron chi connectivity index (χ0n) is 24.0. The van der Waals surface area contributed by atoms with Gasteiger partial charge in [0.25, 0.3) is 0 Å². The Hall–Kier alpha value is -4.49. The quantitative estimate of drug-likeness (QED) is 0.252. The normalized spacial score (nSPS) is 13.9. The number of nitrogens with zero attached hydrogens (tertiary/aromatic N) is 5. The number of fused-ring (bicyclic) bond motifs is 3. The van der Waals surface area contributed by atoms with E-state index in [-0.39, 0.29) is 18.3 Å². The number of nitrogens with two attached hydrogens (primary N) is 1. The van der Waals surface area contributed by atoms with E-state index in [2.05, 4.69) is 25.5 Å². The molecule has 0 bridgehead atoms. The molecule has 1 aliphatic carbocycles. The zero-order chi connectivity index (χ0) is 30.6. The number of carbonyl (C=O) groups excluding carboxylic acids is 1. The SMILES string of the molecule is CC(O)CO.COC(N)=O.Cn1cc(-c2[nH]c3ncc4c(c3c2-c2ccccc2)n(C2CCCC2)c(=O)n4C)c(F)n1. The highest BCUT2D eigenvalue weighted by Crippen LogP contribution is 2.42. The number of pyridine rings is 1. The van der Waals surface area contributed by atoms with Crippen molar-refractivity contribution < 1.29 is 24.1 Å². The topological polar surface area (TPSA) is 166 Å². The van der Waals surface area contributed by atoms with Crippen LogP contribution in [0.25, 0.3) is 44.5 Å². The molecule has 1 amide bonds. The average molecular weight is 582 g/mol. The van der Waals surface area contributed by atoms with Crippen LogP contribution in [-0.4, -0.2) is 65.0 Å². The summed E-state index contributed by atoms with van der Waals surface area (Å²) in [4.78, 5) is 30.7. The zero-order valence-corrected chi connectivity index (χ0v) is 24.0. The number of aromatic nitrogens is 6. The van der Waals surface area contributed by atoms with Gasteiger partial charge in [0.15, 0.2) is 0 Å². The lowest BCUT2D eigenvalue weighted by Crippen LogP contribution is -2.24. The van der Waals surface area contributed by atoms with Gasteiger partial charge in [0.1, 0.15) is 5.65 Å². The first kappa shape index (κ1) is 30.5. The molecule has 4 heterocycles. The predicted octanol–water partition coefficient (Wildman–Crippen LogP) is 3.61. The predicted molar refractivity (Wildman–Crippen MR) is 157 cm³/mol. The molecular weight excluding hydrogens is 545 g/mol. The number of aliphatic hydroxyl groups is 2. The third-order valence-corrected chi connectivity index (χ3v) is 7.14. The van der Waals surface area contributed by atoms with Crippen LogP contribution in [0.4, 0.5) is 9.18 Å². The van der Waals surface area contributed by atoms with Gasteiger partial charge in [0.05, 0.1) is 53.7 Å². The molecule has 5 N–H and O–H groups in total. The number of primary amides is 1. The fourth-order valence-electron chi connectivity index (χ4n) is 5.20. The number of carbonyl (C=O) groups is 1. The van der Waals surface area contributed by atoms with E-state index < -0.39 is 18.1 Å². The third-order valence-electron chi connectivity index (χ3n) is 7.14. The van der Waals surface area contributed by atoms with Gasteiger partial charge in [-0.1, -0.05) is 43.2 Å². The van der Waals surface area contributed by atoms with Crippen molar-refractivity contribution in [1.29, 1.82) is 0 Å². The van der Waals surface area contributed by atoms with Crippen LogP contribution >= 0.6 is 0 Å². The molecule has 1 saturated carbocycles. The van der Waals surface area contributed by atoms with Crippen LogP contribution < -0.4 is 11.4 Å².